The van der Waals surface area contributed by atoms with Gasteiger partial charge in [-0.05, 0) is 76.5 Å². The maximum Gasteiger partial charge on any atom is 0.336 e. The molecule has 0 aromatic heterocycles. The van der Waals surface area contributed by atoms with Gasteiger partial charge >= 0.3 is 5.97 Å². The number of carbonyl (C=O) groups is 2. The molecule has 0 amide bonds. The Morgan fingerprint density at radius 1 is 0.950 bits per heavy atom. The Morgan fingerprint density at radius 2 is 1.62 bits per heavy atom. The molecule has 0 saturated heterocycles. The van der Waals surface area contributed by atoms with E-state index in [1.165, 1.54) is 0 Å². The van der Waals surface area contributed by atoms with Crippen molar-refractivity contribution in [3.63, 3.8) is 0 Å². The van der Waals surface area contributed by atoms with Gasteiger partial charge < -0.3 is 29.0 Å². The number of ketones is 1. The Bertz CT molecular complexity index is 1380. The Morgan fingerprint density at radius 3 is 2.25 bits per heavy atom. The molecule has 2 aliphatic rings. The fraction of sp³-hybridized carbons (Fsp3) is 0.419. The minimum atomic E-state index is -0.633. The molecule has 0 radical (unpaired) electrons. The first-order valence-corrected chi connectivity index (χ1v) is 14.0. The van der Waals surface area contributed by atoms with Gasteiger partial charge in [0.15, 0.2) is 28.8 Å². The maximum atomic E-state index is 14.0. The van der Waals surface area contributed by atoms with Gasteiger partial charge in [0.1, 0.15) is 0 Å². The van der Waals surface area contributed by atoms with Crippen LogP contribution < -0.4 is 24.3 Å². The third-order valence-electron chi connectivity index (χ3n) is 7.26. The first-order chi connectivity index (χ1) is 19.1. The highest BCUT2D eigenvalue weighted by Gasteiger charge is 2.42. The van der Waals surface area contributed by atoms with Crippen LogP contribution in [0.25, 0.3) is 0 Å². The number of dihydropyridines is 1. The molecule has 40 heavy (non-hydrogen) atoms. The van der Waals surface area contributed by atoms with Crippen molar-refractivity contribution in [2.45, 2.75) is 45.4 Å². The van der Waals surface area contributed by atoms with E-state index in [4.69, 9.17) is 23.7 Å². The molecule has 2 atom stereocenters. The largest absolute Gasteiger partial charge is 0.493 e. The Balaban J connectivity index is 1.82. The van der Waals surface area contributed by atoms with Crippen LogP contribution >= 0.6 is 15.9 Å². The predicted molar refractivity (Wildman–Crippen MR) is 155 cm³/mol. The second-order valence-electron chi connectivity index (χ2n) is 10.4. The van der Waals surface area contributed by atoms with E-state index >= 15 is 0 Å². The number of hydrogen-bond acceptors (Lipinski definition) is 8. The normalized spacial score (nSPS) is 18.8. The monoisotopic (exact) mass is 613 g/mol. The molecule has 1 aliphatic heterocycles. The average Bonchev–Trinajstić information content (AvgIpc) is 2.93. The summed E-state index contributed by atoms with van der Waals surface area (Å²) in [6.07, 6.45) is 0.876. The lowest BCUT2D eigenvalue weighted by molar-refractivity contribution is -0.140. The molecule has 214 valence electrons. The third kappa shape index (κ3) is 5.70. The van der Waals surface area contributed by atoms with Crippen molar-refractivity contribution in [3.05, 3.63) is 68.5 Å². The summed E-state index contributed by atoms with van der Waals surface area (Å²) >= 11 is 3.58. The lowest BCUT2D eigenvalue weighted by atomic mass is 9.71. The number of Topliss-reactive ketones (excluding diaryl/α,β-unsaturated/α-hetero) is 1. The molecular weight excluding hydrogens is 578 g/mol. The van der Waals surface area contributed by atoms with Gasteiger partial charge in [0.05, 0.1) is 45.1 Å². The highest BCUT2D eigenvalue weighted by atomic mass is 79.9. The summed E-state index contributed by atoms with van der Waals surface area (Å²) < 4.78 is 28.3. The smallest absolute Gasteiger partial charge is 0.336 e. The van der Waals surface area contributed by atoms with Crippen LogP contribution in [0.5, 0.6) is 23.0 Å². The molecule has 8 nitrogen and oxygen atoms in total. The highest BCUT2D eigenvalue weighted by Crippen LogP contribution is 2.49. The molecule has 0 spiro atoms. The Hall–Kier alpha value is -3.46. The van der Waals surface area contributed by atoms with E-state index in [0.717, 1.165) is 16.8 Å². The molecule has 1 N–H and O–H groups in total. The summed E-state index contributed by atoms with van der Waals surface area (Å²) in [6.45, 7) is 6.09. The molecular formula is C31H36BrNO7. The molecule has 0 bridgehead atoms. The zero-order chi connectivity index (χ0) is 29.1. The van der Waals surface area contributed by atoms with E-state index in [2.05, 4.69) is 21.2 Å². The number of allylic oxidation sites excluding steroid dienone is 3. The van der Waals surface area contributed by atoms with Crippen LogP contribution in [0.2, 0.25) is 0 Å². The summed E-state index contributed by atoms with van der Waals surface area (Å²) in [4.78, 5) is 27.5. The van der Waals surface area contributed by atoms with Crippen molar-refractivity contribution >= 4 is 27.7 Å². The minimum Gasteiger partial charge on any atom is -0.493 e. The Labute approximate surface area is 243 Å². The van der Waals surface area contributed by atoms with Crippen LogP contribution in [0, 0.1) is 5.92 Å². The van der Waals surface area contributed by atoms with Crippen molar-refractivity contribution in [1.29, 1.82) is 0 Å². The number of ether oxygens (including phenoxy) is 5. The molecule has 2 aromatic rings. The zero-order valence-electron chi connectivity index (χ0n) is 24.0. The van der Waals surface area contributed by atoms with Crippen LogP contribution in [-0.2, 0) is 14.3 Å². The summed E-state index contributed by atoms with van der Waals surface area (Å²) in [5, 5.41) is 3.40. The number of rotatable bonds is 9. The number of halogens is 1. The molecule has 2 unspecified atom stereocenters. The van der Waals surface area contributed by atoms with Gasteiger partial charge in [0.2, 0.25) is 0 Å². The lowest BCUT2D eigenvalue weighted by Crippen LogP contribution is -2.36. The van der Waals surface area contributed by atoms with Crippen molar-refractivity contribution in [2.75, 3.05) is 35.0 Å². The van der Waals surface area contributed by atoms with Crippen LogP contribution in [-0.4, -0.2) is 46.8 Å². The van der Waals surface area contributed by atoms with E-state index in [-0.39, 0.29) is 30.6 Å². The van der Waals surface area contributed by atoms with Gasteiger partial charge in [-0.3, -0.25) is 4.79 Å². The predicted octanol–water partition coefficient (Wildman–Crippen LogP) is 6.04. The molecule has 2 aromatic carbocycles. The number of esters is 1. The molecule has 1 heterocycles. The van der Waals surface area contributed by atoms with E-state index in [1.807, 2.05) is 51.1 Å². The lowest BCUT2D eigenvalue weighted by Gasteiger charge is -2.37. The van der Waals surface area contributed by atoms with E-state index < -0.39 is 11.9 Å². The topological polar surface area (TPSA) is 92.3 Å². The SMILES string of the molecule is COc1ccc(C2CC(=O)C3=C(C2)NC(C)=C(C(=O)OCC(C)C)C3c2cc(Br)c(OC)c(OC)c2)cc1OC. The van der Waals surface area contributed by atoms with Crippen LogP contribution in [0.1, 0.15) is 56.6 Å². The first-order valence-electron chi connectivity index (χ1n) is 13.2. The van der Waals surface area contributed by atoms with E-state index in [1.54, 1.807) is 28.4 Å². The summed E-state index contributed by atoms with van der Waals surface area (Å²) in [6, 6.07) is 9.44. The van der Waals surface area contributed by atoms with E-state index in [9.17, 15) is 9.59 Å². The third-order valence-corrected chi connectivity index (χ3v) is 7.85. The van der Waals surface area contributed by atoms with Gasteiger partial charge in [0.25, 0.3) is 0 Å². The van der Waals surface area contributed by atoms with Gasteiger partial charge in [0, 0.05) is 29.3 Å². The fourth-order valence-electron chi connectivity index (χ4n) is 5.41. The van der Waals surface area contributed by atoms with Crippen molar-refractivity contribution in [1.82, 2.24) is 5.32 Å². The van der Waals surface area contributed by atoms with Crippen LogP contribution in [0.3, 0.4) is 0 Å². The first kappa shape index (κ1) is 29.5. The molecule has 1 aliphatic carbocycles. The number of methoxy groups -OCH3 is 4. The number of nitrogens with one attached hydrogen (secondary N) is 1. The van der Waals surface area contributed by atoms with Crippen molar-refractivity contribution < 1.29 is 33.3 Å². The molecule has 4 rings (SSSR count). The second-order valence-corrected chi connectivity index (χ2v) is 11.2. The van der Waals surface area contributed by atoms with Crippen molar-refractivity contribution in [2.24, 2.45) is 5.92 Å². The highest BCUT2D eigenvalue weighted by molar-refractivity contribution is 9.10. The zero-order valence-corrected chi connectivity index (χ0v) is 25.6. The van der Waals surface area contributed by atoms with Crippen LogP contribution in [0.15, 0.2) is 57.3 Å². The Kier molecular flexibility index (Phi) is 9.13. The molecule has 9 heteroatoms. The molecule has 0 fully saturated rings. The second kappa shape index (κ2) is 12.4. The van der Waals surface area contributed by atoms with Crippen LogP contribution in [0.4, 0.5) is 0 Å². The number of hydrogen-bond donors (Lipinski definition) is 1. The fourth-order valence-corrected chi connectivity index (χ4v) is 6.03. The minimum absolute atomic E-state index is 0.0360. The molecule has 0 saturated carbocycles. The number of carbonyl (C=O) groups excluding carboxylic acids is 2. The summed E-state index contributed by atoms with van der Waals surface area (Å²) in [7, 11) is 6.30. The standard InChI is InChI=1S/C31H36BrNO7/c1-16(2)15-40-31(35)27-17(3)33-22-11-19(18-8-9-24(36-4)25(13-18)37-5)12-23(34)29(22)28(27)20-10-21(32)30(39-7)26(14-20)38-6/h8-10,13-14,16,19,28,33H,11-12,15H2,1-7H3. The maximum absolute atomic E-state index is 14.0. The van der Waals surface area contributed by atoms with Gasteiger partial charge in [-0.2, -0.15) is 0 Å². The summed E-state index contributed by atoms with van der Waals surface area (Å²) in [5.74, 6) is 1.25. The van der Waals surface area contributed by atoms with Crippen molar-refractivity contribution in [3.8, 4) is 23.0 Å². The number of benzene rings is 2. The average molecular weight is 615 g/mol. The van der Waals surface area contributed by atoms with Gasteiger partial charge in [-0.15, -0.1) is 0 Å². The van der Waals surface area contributed by atoms with E-state index in [0.29, 0.717) is 50.7 Å². The quantitative estimate of drug-likeness (QED) is 0.342. The summed E-state index contributed by atoms with van der Waals surface area (Å²) in [5.41, 5.74) is 4.14. The van der Waals surface area contributed by atoms with Gasteiger partial charge in [-0.1, -0.05) is 19.9 Å². The van der Waals surface area contributed by atoms with Gasteiger partial charge in [-0.25, -0.2) is 4.79 Å².